The quantitative estimate of drug-likeness (QED) is 0.569. The Kier molecular flexibility index (Phi) is 6.12. The van der Waals surface area contributed by atoms with Crippen molar-refractivity contribution < 1.29 is 14.3 Å². The van der Waals surface area contributed by atoms with E-state index in [9.17, 15) is 9.90 Å². The summed E-state index contributed by atoms with van der Waals surface area (Å²) < 4.78 is 15.9. The summed E-state index contributed by atoms with van der Waals surface area (Å²) >= 11 is 9.42. The molecule has 0 spiro atoms. The Labute approximate surface area is 183 Å². The summed E-state index contributed by atoms with van der Waals surface area (Å²) in [6.45, 7) is 6.15. The van der Waals surface area contributed by atoms with Crippen LogP contribution in [0, 0.1) is 11.2 Å². The average molecular weight is 484 g/mol. The molecule has 0 bridgehead atoms. The average Bonchev–Trinajstić information content (AvgIpc) is 2.86. The van der Waals surface area contributed by atoms with Crippen molar-refractivity contribution >= 4 is 33.5 Å². The molecule has 0 aliphatic carbocycles. The molecule has 7 heteroatoms. The summed E-state index contributed by atoms with van der Waals surface area (Å²) in [7, 11) is 0. The molecule has 0 aromatic heterocycles. The molecule has 2 aromatic rings. The Bertz CT molecular complexity index is 933. The molecule has 4 atom stereocenters. The summed E-state index contributed by atoms with van der Waals surface area (Å²) in [5.74, 6) is -2.23. The zero-order chi connectivity index (χ0) is 21.6. The Morgan fingerprint density at radius 1 is 1.31 bits per heavy atom. The minimum absolute atomic E-state index is 0.152. The molecule has 0 unspecified atom stereocenters. The van der Waals surface area contributed by atoms with Crippen LogP contribution in [0.4, 0.5) is 4.39 Å². The standard InChI is InChI=1S/C22H25BrClFN2O2/c1-21(2,3)11-17-22(26,15-8-7-14(24)10-16(15)25)18(19(27-17)20(28)29)12-5-4-6-13(23)9-12/h4-10,17-19,27H,11,26H2,1-3H3,(H,28,29)/t17-,18-,19-,22+/m0/s1. The van der Waals surface area contributed by atoms with Gasteiger partial charge in [-0.1, -0.05) is 66.5 Å². The normalized spacial score (nSPS) is 27.2. The van der Waals surface area contributed by atoms with Gasteiger partial charge in [-0.05, 0) is 41.7 Å². The lowest BCUT2D eigenvalue weighted by molar-refractivity contribution is -0.139. The number of carbonyl (C=O) groups is 1. The largest absolute Gasteiger partial charge is 0.480 e. The first kappa shape index (κ1) is 22.2. The topological polar surface area (TPSA) is 75.3 Å². The van der Waals surface area contributed by atoms with Crippen LogP contribution in [0.5, 0.6) is 0 Å². The lowest BCUT2D eigenvalue weighted by Gasteiger charge is -2.39. The number of hydrogen-bond donors (Lipinski definition) is 3. The highest BCUT2D eigenvalue weighted by Gasteiger charge is 2.57. The monoisotopic (exact) mass is 482 g/mol. The van der Waals surface area contributed by atoms with Crippen LogP contribution < -0.4 is 11.1 Å². The highest BCUT2D eigenvalue weighted by molar-refractivity contribution is 9.10. The SMILES string of the molecule is CC(C)(C)C[C@@H]1N[C@H](C(=O)O)[C@H](c2cccc(Br)c2)[C@@]1(N)c1ccc(Cl)cc1F. The molecule has 1 aliphatic heterocycles. The highest BCUT2D eigenvalue weighted by Crippen LogP contribution is 2.49. The van der Waals surface area contributed by atoms with Crippen LogP contribution in [0.15, 0.2) is 46.9 Å². The Morgan fingerprint density at radius 3 is 2.55 bits per heavy atom. The zero-order valence-corrected chi connectivity index (χ0v) is 18.9. The molecule has 29 heavy (non-hydrogen) atoms. The number of hydrogen-bond acceptors (Lipinski definition) is 3. The van der Waals surface area contributed by atoms with Crippen molar-refractivity contribution in [1.29, 1.82) is 0 Å². The first-order valence-electron chi connectivity index (χ1n) is 9.42. The Hall–Kier alpha value is -1.47. The smallest absolute Gasteiger partial charge is 0.321 e. The third kappa shape index (κ3) is 4.36. The van der Waals surface area contributed by atoms with E-state index >= 15 is 4.39 Å². The molecule has 4 N–H and O–H groups in total. The second-order valence-electron chi connectivity index (χ2n) is 8.89. The van der Waals surface area contributed by atoms with E-state index in [1.54, 1.807) is 12.1 Å². The summed E-state index contributed by atoms with van der Waals surface area (Å²) in [5, 5.41) is 13.5. The third-order valence-corrected chi connectivity index (χ3v) is 6.22. The Balaban J connectivity index is 2.26. The van der Waals surface area contributed by atoms with Crippen LogP contribution >= 0.6 is 27.5 Å². The second-order valence-corrected chi connectivity index (χ2v) is 10.2. The summed E-state index contributed by atoms with van der Waals surface area (Å²) in [6.07, 6.45) is 0.569. The predicted octanol–water partition coefficient (Wildman–Crippen LogP) is 5.04. The van der Waals surface area contributed by atoms with E-state index in [1.165, 1.54) is 6.07 Å². The van der Waals surface area contributed by atoms with E-state index in [1.807, 2.05) is 24.3 Å². The van der Waals surface area contributed by atoms with E-state index in [0.29, 0.717) is 6.42 Å². The third-order valence-electron chi connectivity index (χ3n) is 5.49. The molecule has 156 valence electrons. The molecule has 2 aromatic carbocycles. The van der Waals surface area contributed by atoms with Gasteiger partial charge in [0.2, 0.25) is 0 Å². The fraction of sp³-hybridized carbons (Fsp3) is 0.409. The highest BCUT2D eigenvalue weighted by atomic mass is 79.9. The molecule has 4 nitrogen and oxygen atoms in total. The van der Waals surface area contributed by atoms with Crippen LogP contribution in [0.3, 0.4) is 0 Å². The predicted molar refractivity (Wildman–Crippen MR) is 117 cm³/mol. The number of benzene rings is 2. The van der Waals surface area contributed by atoms with Crippen molar-refractivity contribution in [3.8, 4) is 0 Å². The number of carboxylic acid groups (broad SMARTS) is 1. The second kappa shape index (κ2) is 7.99. The van der Waals surface area contributed by atoms with E-state index in [-0.39, 0.29) is 16.0 Å². The number of rotatable bonds is 4. The van der Waals surface area contributed by atoms with Gasteiger partial charge in [-0.3, -0.25) is 10.1 Å². The zero-order valence-electron chi connectivity index (χ0n) is 16.5. The molecule has 0 amide bonds. The van der Waals surface area contributed by atoms with E-state index in [4.69, 9.17) is 17.3 Å². The fourth-order valence-corrected chi connectivity index (χ4v) is 4.94. The van der Waals surface area contributed by atoms with Gasteiger partial charge < -0.3 is 10.8 Å². The van der Waals surface area contributed by atoms with Gasteiger partial charge in [-0.25, -0.2) is 4.39 Å². The number of carboxylic acids is 1. The van der Waals surface area contributed by atoms with Crippen molar-refractivity contribution in [2.24, 2.45) is 11.1 Å². The summed E-state index contributed by atoms with van der Waals surface area (Å²) in [4.78, 5) is 12.2. The first-order valence-corrected chi connectivity index (χ1v) is 10.6. The molecule has 1 fully saturated rings. The maximum atomic E-state index is 15.1. The van der Waals surface area contributed by atoms with Crippen LogP contribution in [0.1, 0.15) is 44.2 Å². The molecule has 1 aliphatic rings. The Morgan fingerprint density at radius 2 is 2.00 bits per heavy atom. The van der Waals surface area contributed by atoms with Crippen LogP contribution in [0.25, 0.3) is 0 Å². The summed E-state index contributed by atoms with van der Waals surface area (Å²) in [6, 6.07) is 10.3. The number of halogens is 3. The molecule has 3 rings (SSSR count). The van der Waals surface area contributed by atoms with Gasteiger partial charge >= 0.3 is 5.97 Å². The van der Waals surface area contributed by atoms with Crippen molar-refractivity contribution in [3.05, 3.63) is 68.9 Å². The maximum Gasteiger partial charge on any atom is 0.321 e. The van der Waals surface area contributed by atoms with Gasteiger partial charge in [0, 0.05) is 27.0 Å². The van der Waals surface area contributed by atoms with Crippen LogP contribution in [-0.2, 0) is 10.3 Å². The van der Waals surface area contributed by atoms with Gasteiger partial charge in [0.15, 0.2) is 0 Å². The van der Waals surface area contributed by atoms with E-state index in [2.05, 4.69) is 42.0 Å². The molecular weight excluding hydrogens is 459 g/mol. The molecule has 1 heterocycles. The van der Waals surface area contributed by atoms with E-state index < -0.39 is 35.3 Å². The maximum absolute atomic E-state index is 15.1. The van der Waals surface area contributed by atoms with Crippen molar-refractivity contribution in [3.63, 3.8) is 0 Å². The minimum Gasteiger partial charge on any atom is -0.480 e. The van der Waals surface area contributed by atoms with Gasteiger partial charge in [0.1, 0.15) is 11.9 Å². The van der Waals surface area contributed by atoms with Gasteiger partial charge in [-0.15, -0.1) is 0 Å². The molecule has 0 radical (unpaired) electrons. The lowest BCUT2D eigenvalue weighted by atomic mass is 9.68. The van der Waals surface area contributed by atoms with E-state index in [0.717, 1.165) is 10.0 Å². The fourth-order valence-electron chi connectivity index (χ4n) is 4.36. The summed E-state index contributed by atoms with van der Waals surface area (Å²) in [5.41, 5.74) is 6.57. The lowest BCUT2D eigenvalue weighted by Crippen LogP contribution is -2.52. The van der Waals surface area contributed by atoms with Crippen LogP contribution in [-0.4, -0.2) is 23.2 Å². The number of aliphatic carboxylic acids is 1. The first-order chi connectivity index (χ1) is 13.4. The number of nitrogens with one attached hydrogen (secondary N) is 1. The number of nitrogens with two attached hydrogens (primary N) is 1. The van der Waals surface area contributed by atoms with Gasteiger partial charge in [-0.2, -0.15) is 0 Å². The van der Waals surface area contributed by atoms with Gasteiger partial charge in [0.05, 0.1) is 5.54 Å². The minimum atomic E-state index is -1.29. The van der Waals surface area contributed by atoms with Crippen molar-refractivity contribution in [2.75, 3.05) is 0 Å². The van der Waals surface area contributed by atoms with Crippen molar-refractivity contribution in [2.45, 2.75) is 50.7 Å². The van der Waals surface area contributed by atoms with Crippen molar-refractivity contribution in [1.82, 2.24) is 5.32 Å². The van der Waals surface area contributed by atoms with Gasteiger partial charge in [0.25, 0.3) is 0 Å². The molecule has 0 saturated carbocycles. The molecular formula is C22H25BrClFN2O2. The molecule has 1 saturated heterocycles. The van der Waals surface area contributed by atoms with Crippen LogP contribution in [0.2, 0.25) is 5.02 Å².